The first kappa shape index (κ1) is 9.15. The summed E-state index contributed by atoms with van der Waals surface area (Å²) in [7, 11) is 0. The Balaban J connectivity index is 2.68. The lowest BCUT2D eigenvalue weighted by molar-refractivity contribution is 0.273. The Labute approximate surface area is 109 Å². The predicted molar refractivity (Wildman–Crippen MR) is 64.7 cm³/mol. The largest absolute Gasteiger partial charge is 0.390 e. The molecule has 2 rings (SSSR count). The quantitative estimate of drug-likeness (QED) is 0.867. The van der Waals surface area contributed by atoms with Gasteiger partial charge in [-0.2, -0.15) is 5.10 Å². The monoisotopic (exact) mass is 303 g/mol. The fourth-order valence-electron chi connectivity index (χ4n) is 1.34. The van der Waals surface area contributed by atoms with Crippen LogP contribution in [-0.2, 0) is 6.56 Å². The zero-order valence-electron chi connectivity index (χ0n) is 10.3. The molecule has 0 aromatic carbocycles. The van der Waals surface area contributed by atoms with Crippen molar-refractivity contribution in [2.45, 2.75) is 13.5 Å². The SMILES string of the molecule is [2H]C([2H])(O)c1cc(C)nn1-c1ccnc(Cl)c1Br. The Kier molecular flexibility index (Phi) is 2.59. The Hall–Kier alpha value is -0.910. The highest BCUT2D eigenvalue weighted by atomic mass is 79.9. The summed E-state index contributed by atoms with van der Waals surface area (Å²) in [6, 6.07) is 3.10. The molecule has 0 aliphatic rings. The molecule has 0 radical (unpaired) electrons. The van der Waals surface area contributed by atoms with Crippen LogP contribution >= 0.6 is 27.5 Å². The number of rotatable bonds is 2. The highest BCUT2D eigenvalue weighted by molar-refractivity contribution is 9.10. The molecular weight excluding hydrogens is 293 g/mol. The lowest BCUT2D eigenvalue weighted by atomic mass is 10.3. The van der Waals surface area contributed by atoms with E-state index in [2.05, 4.69) is 26.0 Å². The lowest BCUT2D eigenvalue weighted by Crippen LogP contribution is -2.03. The average molecular weight is 305 g/mol. The first-order chi connectivity index (χ1) is 8.30. The fraction of sp³-hybridized carbons (Fsp3) is 0.200. The molecule has 0 saturated heterocycles. The molecule has 6 heteroatoms. The van der Waals surface area contributed by atoms with Gasteiger partial charge < -0.3 is 5.11 Å². The van der Waals surface area contributed by atoms with E-state index in [4.69, 9.17) is 14.3 Å². The summed E-state index contributed by atoms with van der Waals surface area (Å²) in [4.78, 5) is 3.88. The first-order valence-corrected chi connectivity index (χ1v) is 5.57. The number of aliphatic hydroxyl groups is 1. The van der Waals surface area contributed by atoms with E-state index in [9.17, 15) is 5.11 Å². The summed E-state index contributed by atoms with van der Waals surface area (Å²) >= 11 is 9.15. The number of aryl methyl sites for hydroxylation is 1. The molecule has 0 spiro atoms. The van der Waals surface area contributed by atoms with Gasteiger partial charge in [-0.3, -0.25) is 0 Å². The van der Waals surface area contributed by atoms with Crippen LogP contribution < -0.4 is 0 Å². The smallest absolute Gasteiger partial charge is 0.145 e. The molecular formula is C10H9BrClN3O. The van der Waals surface area contributed by atoms with Gasteiger partial charge in [0, 0.05) is 6.20 Å². The van der Waals surface area contributed by atoms with Gasteiger partial charge in [0.15, 0.2) is 0 Å². The van der Waals surface area contributed by atoms with Crippen molar-refractivity contribution in [3.63, 3.8) is 0 Å². The van der Waals surface area contributed by atoms with E-state index in [1.54, 1.807) is 13.0 Å². The van der Waals surface area contributed by atoms with Gasteiger partial charge in [0.1, 0.15) is 5.15 Å². The zero-order valence-corrected chi connectivity index (χ0v) is 10.6. The van der Waals surface area contributed by atoms with Gasteiger partial charge in [0.05, 0.1) is 30.8 Å². The average Bonchev–Trinajstić information content (AvgIpc) is 2.64. The molecule has 0 fully saturated rings. The second kappa shape index (κ2) is 4.53. The van der Waals surface area contributed by atoms with Crippen molar-refractivity contribution in [2.75, 3.05) is 0 Å². The van der Waals surface area contributed by atoms with Crippen LogP contribution in [0.1, 0.15) is 14.1 Å². The lowest BCUT2D eigenvalue weighted by Gasteiger charge is -2.08. The Morgan fingerprint density at radius 2 is 2.44 bits per heavy atom. The molecule has 0 amide bonds. The fourth-order valence-corrected chi connectivity index (χ4v) is 1.89. The Morgan fingerprint density at radius 1 is 1.69 bits per heavy atom. The molecule has 84 valence electrons. The summed E-state index contributed by atoms with van der Waals surface area (Å²) in [5.74, 6) is 0. The summed E-state index contributed by atoms with van der Waals surface area (Å²) < 4.78 is 16.6. The summed E-state index contributed by atoms with van der Waals surface area (Å²) in [5.41, 5.74) is 1.13. The van der Waals surface area contributed by atoms with Gasteiger partial charge in [-0.15, -0.1) is 0 Å². The maximum absolute atomic E-state index is 9.51. The van der Waals surface area contributed by atoms with Crippen LogP contribution in [0.2, 0.25) is 5.15 Å². The topological polar surface area (TPSA) is 50.9 Å². The maximum atomic E-state index is 9.51. The van der Waals surface area contributed by atoms with E-state index >= 15 is 0 Å². The van der Waals surface area contributed by atoms with Crippen LogP contribution in [0.4, 0.5) is 0 Å². The number of pyridine rings is 1. The maximum Gasteiger partial charge on any atom is 0.145 e. The summed E-state index contributed by atoms with van der Waals surface area (Å²) in [6.07, 6.45) is 1.48. The molecule has 2 aromatic heterocycles. The highest BCUT2D eigenvalue weighted by Crippen LogP contribution is 2.27. The van der Waals surface area contributed by atoms with E-state index < -0.39 is 6.56 Å². The second-order valence-electron chi connectivity index (χ2n) is 3.13. The van der Waals surface area contributed by atoms with Gasteiger partial charge in [0.25, 0.3) is 0 Å². The predicted octanol–water partition coefficient (Wildman–Crippen LogP) is 2.48. The molecule has 16 heavy (non-hydrogen) atoms. The number of aromatic nitrogens is 3. The van der Waals surface area contributed by atoms with Crippen molar-refractivity contribution in [1.29, 1.82) is 0 Å². The summed E-state index contributed by atoms with van der Waals surface area (Å²) in [6.45, 7) is -0.779. The minimum atomic E-state index is -2.49. The van der Waals surface area contributed by atoms with Crippen LogP contribution in [-0.4, -0.2) is 19.9 Å². The van der Waals surface area contributed by atoms with Crippen molar-refractivity contribution in [3.05, 3.63) is 39.3 Å². The number of hydrogen-bond donors (Lipinski definition) is 1. The molecule has 2 aromatic rings. The van der Waals surface area contributed by atoms with E-state index in [0.29, 0.717) is 15.9 Å². The zero-order chi connectivity index (χ0) is 13.5. The molecule has 4 nitrogen and oxygen atoms in total. The van der Waals surface area contributed by atoms with Gasteiger partial charge in [-0.25, -0.2) is 9.67 Å². The van der Waals surface area contributed by atoms with Crippen LogP contribution in [0.25, 0.3) is 5.69 Å². The van der Waals surface area contributed by atoms with Gasteiger partial charge in [0.2, 0.25) is 0 Å². The van der Waals surface area contributed by atoms with Gasteiger partial charge >= 0.3 is 0 Å². The van der Waals surface area contributed by atoms with Crippen molar-refractivity contribution in [2.24, 2.45) is 0 Å². The van der Waals surface area contributed by atoms with Crippen LogP contribution in [0.5, 0.6) is 0 Å². The molecule has 0 saturated carbocycles. The highest BCUT2D eigenvalue weighted by Gasteiger charge is 2.12. The van der Waals surface area contributed by atoms with E-state index in [0.717, 1.165) is 0 Å². The van der Waals surface area contributed by atoms with Crippen molar-refractivity contribution >= 4 is 27.5 Å². The normalized spacial score (nSPS) is 13.5. The molecule has 0 aliphatic carbocycles. The van der Waals surface area contributed by atoms with E-state index in [1.807, 2.05) is 0 Å². The minimum absolute atomic E-state index is 0.0305. The van der Waals surface area contributed by atoms with Crippen molar-refractivity contribution in [3.8, 4) is 5.69 Å². The third-order valence-corrected chi connectivity index (χ3v) is 3.30. The second-order valence-corrected chi connectivity index (χ2v) is 4.28. The third kappa shape index (κ3) is 1.98. The van der Waals surface area contributed by atoms with Gasteiger partial charge in [-0.1, -0.05) is 11.6 Å². The van der Waals surface area contributed by atoms with Crippen LogP contribution in [0, 0.1) is 6.92 Å². The third-order valence-electron chi connectivity index (χ3n) is 2.00. The number of hydrogen-bond acceptors (Lipinski definition) is 3. The molecule has 0 unspecified atom stereocenters. The van der Waals surface area contributed by atoms with Crippen LogP contribution in [0.3, 0.4) is 0 Å². The standard InChI is InChI=1S/C10H9BrClN3O/c1-6-4-7(5-16)15(14-6)8-2-3-13-10(12)9(8)11/h2-4,16H,5H2,1H3/i5D2. The summed E-state index contributed by atoms with van der Waals surface area (Å²) in [5, 5.41) is 13.9. The Morgan fingerprint density at radius 3 is 3.12 bits per heavy atom. The molecule has 1 N–H and O–H groups in total. The molecule has 0 atom stereocenters. The minimum Gasteiger partial charge on any atom is -0.390 e. The number of nitrogens with zero attached hydrogens (tertiary/aromatic N) is 3. The van der Waals surface area contributed by atoms with E-state index in [-0.39, 0.29) is 10.8 Å². The van der Waals surface area contributed by atoms with E-state index in [1.165, 1.54) is 16.9 Å². The van der Waals surface area contributed by atoms with Crippen LogP contribution in [0.15, 0.2) is 22.8 Å². The molecule has 0 bridgehead atoms. The first-order valence-electron chi connectivity index (χ1n) is 5.40. The molecule has 0 aliphatic heterocycles. The molecule has 2 heterocycles. The Bertz CT molecular complexity index is 597. The van der Waals surface area contributed by atoms with Gasteiger partial charge in [-0.05, 0) is 35.0 Å². The van der Waals surface area contributed by atoms with Crippen molar-refractivity contribution in [1.82, 2.24) is 14.8 Å². The number of halogens is 2. The van der Waals surface area contributed by atoms with Crippen molar-refractivity contribution < 1.29 is 7.85 Å².